The fourth-order valence-electron chi connectivity index (χ4n) is 2.60. The van der Waals surface area contributed by atoms with Gasteiger partial charge in [0.1, 0.15) is 4.99 Å². The minimum absolute atomic E-state index is 0.202. The maximum Gasteiger partial charge on any atom is 0.161 e. The Morgan fingerprint density at radius 2 is 2.00 bits per heavy atom. The Morgan fingerprint density at radius 1 is 1.40 bits per heavy atom. The van der Waals surface area contributed by atoms with Crippen molar-refractivity contribution < 1.29 is 4.39 Å². The van der Waals surface area contributed by atoms with Gasteiger partial charge >= 0.3 is 0 Å². The number of rotatable bonds is 3. The third kappa shape index (κ3) is 3.13. The first kappa shape index (κ1) is 15.7. The van der Waals surface area contributed by atoms with E-state index in [0.717, 1.165) is 25.9 Å². The Balaban J connectivity index is 2.19. The van der Waals surface area contributed by atoms with Crippen molar-refractivity contribution in [3.8, 4) is 0 Å². The quantitative estimate of drug-likeness (QED) is 0.841. The fourth-order valence-corrected chi connectivity index (χ4v) is 3.45. The number of thiocarbonyl (C=S) groups is 1. The molecule has 1 saturated heterocycles. The standard InChI is InChI=1S/C14H19BrFN3S/c1-18(2)9-5-7-19(8-6-9)11-4-3-10(14(17)20)12(15)13(11)16/h3-4,9H,5-8H2,1-2H3,(H2,17,20). The molecule has 0 aliphatic carbocycles. The molecule has 1 aromatic carbocycles. The van der Waals surface area contributed by atoms with Gasteiger partial charge in [-0.2, -0.15) is 0 Å². The average molecular weight is 360 g/mol. The summed E-state index contributed by atoms with van der Waals surface area (Å²) in [5, 5.41) is 0. The second-order valence-electron chi connectivity index (χ2n) is 5.31. The predicted molar refractivity (Wildman–Crippen MR) is 88.9 cm³/mol. The maximum atomic E-state index is 14.4. The van der Waals surface area contributed by atoms with E-state index in [0.29, 0.717) is 21.8 Å². The highest BCUT2D eigenvalue weighted by Gasteiger charge is 2.24. The number of benzene rings is 1. The average Bonchev–Trinajstić information content (AvgIpc) is 2.41. The molecule has 2 N–H and O–H groups in total. The second-order valence-corrected chi connectivity index (χ2v) is 6.54. The molecule has 0 bridgehead atoms. The largest absolute Gasteiger partial charge is 0.389 e. The lowest BCUT2D eigenvalue weighted by atomic mass is 10.0. The van der Waals surface area contributed by atoms with E-state index >= 15 is 0 Å². The molecule has 0 saturated carbocycles. The van der Waals surface area contributed by atoms with Crippen LogP contribution in [0.1, 0.15) is 18.4 Å². The lowest BCUT2D eigenvalue weighted by Crippen LogP contribution is -2.42. The summed E-state index contributed by atoms with van der Waals surface area (Å²) in [6.07, 6.45) is 2.09. The van der Waals surface area contributed by atoms with E-state index < -0.39 is 0 Å². The van der Waals surface area contributed by atoms with Crippen molar-refractivity contribution in [1.29, 1.82) is 0 Å². The Kier molecular flexibility index (Phi) is 4.99. The van der Waals surface area contributed by atoms with E-state index in [1.807, 2.05) is 0 Å². The third-order valence-electron chi connectivity index (χ3n) is 3.86. The smallest absolute Gasteiger partial charge is 0.161 e. The van der Waals surface area contributed by atoms with Gasteiger partial charge in [-0.3, -0.25) is 0 Å². The maximum absolute atomic E-state index is 14.4. The molecule has 110 valence electrons. The summed E-state index contributed by atoms with van der Waals surface area (Å²) in [5.41, 5.74) is 6.74. The molecule has 1 aliphatic rings. The van der Waals surface area contributed by atoms with E-state index in [-0.39, 0.29) is 10.8 Å². The van der Waals surface area contributed by atoms with Gasteiger partial charge < -0.3 is 15.5 Å². The second kappa shape index (κ2) is 6.37. The molecule has 0 unspecified atom stereocenters. The van der Waals surface area contributed by atoms with Gasteiger partial charge in [0.25, 0.3) is 0 Å². The molecule has 1 heterocycles. The number of halogens is 2. The number of piperidine rings is 1. The highest BCUT2D eigenvalue weighted by molar-refractivity contribution is 9.10. The molecule has 6 heteroatoms. The summed E-state index contributed by atoms with van der Waals surface area (Å²) in [4.78, 5) is 4.52. The summed E-state index contributed by atoms with van der Waals surface area (Å²) in [7, 11) is 4.18. The molecule has 20 heavy (non-hydrogen) atoms. The molecule has 1 aromatic rings. The van der Waals surface area contributed by atoms with Crippen LogP contribution < -0.4 is 10.6 Å². The van der Waals surface area contributed by atoms with E-state index in [1.54, 1.807) is 12.1 Å². The van der Waals surface area contributed by atoms with Crippen LogP contribution in [0.25, 0.3) is 0 Å². The van der Waals surface area contributed by atoms with Gasteiger partial charge in [-0.15, -0.1) is 0 Å². The minimum atomic E-state index is -0.279. The SMILES string of the molecule is CN(C)C1CCN(c2ccc(C(N)=S)c(Br)c2F)CC1. The molecule has 1 fully saturated rings. The lowest BCUT2D eigenvalue weighted by molar-refractivity contribution is 0.249. The molecule has 3 nitrogen and oxygen atoms in total. The van der Waals surface area contributed by atoms with Gasteiger partial charge in [0.15, 0.2) is 5.82 Å². The number of hydrogen-bond acceptors (Lipinski definition) is 3. The number of nitrogens with two attached hydrogens (primary N) is 1. The van der Waals surface area contributed by atoms with Crippen molar-refractivity contribution in [2.45, 2.75) is 18.9 Å². The Bertz CT molecular complexity index is 513. The van der Waals surface area contributed by atoms with Crippen molar-refractivity contribution in [3.05, 3.63) is 28.0 Å². The highest BCUT2D eigenvalue weighted by atomic mass is 79.9. The minimum Gasteiger partial charge on any atom is -0.389 e. The molecule has 0 aromatic heterocycles. The Hall–Kier alpha value is -0.720. The van der Waals surface area contributed by atoms with Crippen LogP contribution in [0.5, 0.6) is 0 Å². The molecule has 0 radical (unpaired) electrons. The molecule has 2 rings (SSSR count). The first-order valence-corrected chi connectivity index (χ1v) is 7.81. The van der Waals surface area contributed by atoms with Crippen LogP contribution in [-0.4, -0.2) is 43.1 Å². The van der Waals surface area contributed by atoms with Crippen molar-refractivity contribution in [2.75, 3.05) is 32.1 Å². The molecule has 0 amide bonds. The fraction of sp³-hybridized carbons (Fsp3) is 0.500. The normalized spacial score (nSPS) is 16.8. The zero-order valence-corrected chi connectivity index (χ0v) is 14.1. The highest BCUT2D eigenvalue weighted by Crippen LogP contribution is 2.31. The van der Waals surface area contributed by atoms with Crippen LogP contribution in [0.2, 0.25) is 0 Å². The van der Waals surface area contributed by atoms with E-state index in [4.69, 9.17) is 18.0 Å². The first-order chi connectivity index (χ1) is 9.41. The zero-order chi connectivity index (χ0) is 14.9. The topological polar surface area (TPSA) is 32.5 Å². The van der Waals surface area contributed by atoms with Crippen LogP contribution in [0.4, 0.5) is 10.1 Å². The van der Waals surface area contributed by atoms with Crippen molar-refractivity contribution in [3.63, 3.8) is 0 Å². The number of hydrogen-bond donors (Lipinski definition) is 1. The van der Waals surface area contributed by atoms with Gasteiger partial charge in [-0.25, -0.2) is 4.39 Å². The molecule has 1 aliphatic heterocycles. The van der Waals surface area contributed by atoms with Crippen LogP contribution >= 0.6 is 28.1 Å². The van der Waals surface area contributed by atoms with E-state index in [9.17, 15) is 4.39 Å². The van der Waals surface area contributed by atoms with Gasteiger partial charge in [0.2, 0.25) is 0 Å². The molecule has 0 spiro atoms. The molecular weight excluding hydrogens is 341 g/mol. The third-order valence-corrected chi connectivity index (χ3v) is 4.86. The summed E-state index contributed by atoms with van der Waals surface area (Å²) >= 11 is 8.17. The predicted octanol–water partition coefficient (Wildman–Crippen LogP) is 2.75. The first-order valence-electron chi connectivity index (χ1n) is 6.61. The summed E-state index contributed by atoms with van der Waals surface area (Å²) in [6.45, 7) is 1.72. The summed E-state index contributed by atoms with van der Waals surface area (Å²) < 4.78 is 14.8. The monoisotopic (exact) mass is 359 g/mol. The molecule has 0 atom stereocenters. The Morgan fingerprint density at radius 3 is 2.50 bits per heavy atom. The summed E-state index contributed by atoms with van der Waals surface area (Å²) in [6, 6.07) is 4.13. The van der Waals surface area contributed by atoms with Gasteiger partial charge in [0.05, 0.1) is 10.2 Å². The summed E-state index contributed by atoms with van der Waals surface area (Å²) in [5.74, 6) is -0.279. The van der Waals surface area contributed by atoms with Gasteiger partial charge in [-0.1, -0.05) is 12.2 Å². The van der Waals surface area contributed by atoms with E-state index in [1.165, 1.54) is 0 Å². The van der Waals surface area contributed by atoms with Crippen molar-refractivity contribution in [1.82, 2.24) is 4.90 Å². The van der Waals surface area contributed by atoms with Crippen LogP contribution in [0.15, 0.2) is 16.6 Å². The van der Waals surface area contributed by atoms with Crippen molar-refractivity contribution in [2.24, 2.45) is 5.73 Å². The van der Waals surface area contributed by atoms with Crippen LogP contribution in [-0.2, 0) is 0 Å². The number of nitrogens with zero attached hydrogens (tertiary/aromatic N) is 2. The van der Waals surface area contributed by atoms with Gasteiger partial charge in [-0.05, 0) is 55.0 Å². The van der Waals surface area contributed by atoms with Crippen molar-refractivity contribution >= 4 is 38.8 Å². The molecular formula is C14H19BrFN3S. The van der Waals surface area contributed by atoms with Gasteiger partial charge in [0, 0.05) is 24.7 Å². The lowest BCUT2D eigenvalue weighted by Gasteiger charge is -2.36. The van der Waals surface area contributed by atoms with E-state index in [2.05, 4.69) is 39.8 Å². The Labute approximate surface area is 133 Å². The van der Waals surface area contributed by atoms with Crippen LogP contribution in [0, 0.1) is 5.82 Å². The van der Waals surface area contributed by atoms with Crippen LogP contribution in [0.3, 0.4) is 0 Å². The number of anilines is 1. The zero-order valence-electron chi connectivity index (χ0n) is 11.7.